The highest BCUT2D eigenvalue weighted by atomic mass is 32.1. The molecule has 16 aromatic carbocycles. The van der Waals surface area contributed by atoms with E-state index in [1.54, 1.807) is 0 Å². The normalized spacial score (nSPS) is 11.9. The van der Waals surface area contributed by atoms with E-state index in [4.69, 9.17) is 24.4 Å². The Labute approximate surface area is 657 Å². The Balaban J connectivity index is 0.000000135. The summed E-state index contributed by atoms with van der Waals surface area (Å²) < 4.78 is 18.0. The molecule has 24 rings (SSSR count). The Morgan fingerprint density at radius 3 is 0.895 bits per heavy atom. The Morgan fingerprint density at radius 2 is 0.482 bits per heavy atom. The monoisotopic (exact) mass is 1470 g/mol. The van der Waals surface area contributed by atoms with E-state index < -0.39 is 0 Å². The summed E-state index contributed by atoms with van der Waals surface area (Å²) in [6.07, 6.45) is 0. The number of fused-ring (bicyclic) bond motifs is 18. The van der Waals surface area contributed by atoms with Gasteiger partial charge in [-0.15, -0.1) is 11.3 Å². The molecule has 0 atom stereocenters. The first-order chi connectivity index (χ1) is 56.5. The van der Waals surface area contributed by atoms with Gasteiger partial charge in [0.15, 0.2) is 0 Å². The van der Waals surface area contributed by atoms with Crippen molar-refractivity contribution >= 4 is 141 Å². The molecule has 0 aliphatic carbocycles. The van der Waals surface area contributed by atoms with Crippen LogP contribution in [-0.4, -0.2) is 38.2 Å². The zero-order chi connectivity index (χ0) is 74.9. The summed E-state index contributed by atoms with van der Waals surface area (Å²) in [5.41, 5.74) is 25.5. The van der Waals surface area contributed by atoms with E-state index in [1.807, 2.05) is 47.7 Å². The number of para-hydroxylation sites is 5. The number of furan rings is 1. The van der Waals surface area contributed by atoms with Crippen molar-refractivity contribution in [3.8, 4) is 90.6 Å². The number of nitrogens with zero attached hydrogens (tertiary/aromatic N) is 8. The van der Waals surface area contributed by atoms with Crippen LogP contribution in [0.15, 0.2) is 393 Å². The van der Waals surface area contributed by atoms with Gasteiger partial charge in [0.05, 0.1) is 66.9 Å². The lowest BCUT2D eigenvalue weighted by Crippen LogP contribution is -2.03. The molecule has 0 spiro atoms. The zero-order valence-corrected chi connectivity index (χ0v) is 62.2. The van der Waals surface area contributed by atoms with Gasteiger partial charge in [-0.3, -0.25) is 9.13 Å². The highest BCUT2D eigenvalue weighted by molar-refractivity contribution is 7.25. The molecule has 0 unspecified atom stereocenters. The van der Waals surface area contributed by atoms with Gasteiger partial charge < -0.3 is 13.6 Å². The minimum absolute atomic E-state index is 0.644. The predicted octanol–water partition coefficient (Wildman–Crippen LogP) is 27.6. The standard InChI is InChI=1S/C52H32N4O.C52H32N4S/c2*1-3-13-33(14-4-1)44-32-45(34-15-5-2-6-16-34)54-52(53-44)56-47-21-11-8-18-39(47)42-30-36(24-27-49(42)56)35-23-26-48-41(29-35)38-17-7-10-20-46(38)55(48)37-25-28-51-43(31-37)40-19-9-12-22-50(40)57-51/h2*1-32H. The van der Waals surface area contributed by atoms with Gasteiger partial charge in [0, 0.05) is 108 Å². The Kier molecular flexibility index (Phi) is 15.0. The van der Waals surface area contributed by atoms with Crippen molar-refractivity contribution in [1.29, 1.82) is 0 Å². The molecule has 114 heavy (non-hydrogen) atoms. The summed E-state index contributed by atoms with van der Waals surface area (Å²) >= 11 is 1.86. The smallest absolute Gasteiger partial charge is 0.235 e. The van der Waals surface area contributed by atoms with Gasteiger partial charge in [-0.25, -0.2) is 19.9 Å². The third-order valence-electron chi connectivity index (χ3n) is 22.7. The largest absolute Gasteiger partial charge is 0.456 e. The van der Waals surface area contributed by atoms with E-state index in [-0.39, 0.29) is 0 Å². The Morgan fingerprint density at radius 1 is 0.184 bits per heavy atom. The van der Waals surface area contributed by atoms with Crippen LogP contribution in [0.5, 0.6) is 0 Å². The van der Waals surface area contributed by atoms with Crippen molar-refractivity contribution < 1.29 is 4.42 Å². The molecule has 532 valence electrons. The van der Waals surface area contributed by atoms with Crippen LogP contribution in [0.25, 0.3) is 220 Å². The van der Waals surface area contributed by atoms with E-state index in [2.05, 4.69) is 370 Å². The Hall–Kier alpha value is -15.1. The molecule has 0 saturated heterocycles. The van der Waals surface area contributed by atoms with Gasteiger partial charge in [0.1, 0.15) is 11.2 Å². The summed E-state index contributed by atoms with van der Waals surface area (Å²) in [7, 11) is 0. The number of rotatable bonds is 10. The van der Waals surface area contributed by atoms with Crippen molar-refractivity contribution in [3.63, 3.8) is 0 Å². The van der Waals surface area contributed by atoms with Crippen LogP contribution in [0.1, 0.15) is 0 Å². The molecule has 9 nitrogen and oxygen atoms in total. The minimum Gasteiger partial charge on any atom is -0.456 e. The number of thiophene rings is 1. The third-order valence-corrected chi connectivity index (χ3v) is 23.9. The molecular formula is C104H64N8OS. The molecule has 8 aromatic heterocycles. The summed E-state index contributed by atoms with van der Waals surface area (Å²) in [5, 5.41) is 14.4. The minimum atomic E-state index is 0.644. The summed E-state index contributed by atoms with van der Waals surface area (Å²) in [6, 6.07) is 138. The molecule has 0 fully saturated rings. The van der Waals surface area contributed by atoms with Crippen LogP contribution in [0.3, 0.4) is 0 Å². The second-order valence-corrected chi connectivity index (χ2v) is 30.3. The first-order valence-electron chi connectivity index (χ1n) is 38.5. The number of aromatic nitrogens is 8. The zero-order valence-electron chi connectivity index (χ0n) is 61.3. The van der Waals surface area contributed by atoms with Crippen LogP contribution in [0.2, 0.25) is 0 Å². The molecule has 24 aromatic rings. The predicted molar refractivity (Wildman–Crippen MR) is 474 cm³/mol. The lowest BCUT2D eigenvalue weighted by molar-refractivity contribution is 0.669. The van der Waals surface area contributed by atoms with Gasteiger partial charge in [-0.05, 0) is 156 Å². The maximum Gasteiger partial charge on any atom is 0.235 e. The molecule has 0 saturated carbocycles. The number of benzene rings is 16. The topological polar surface area (TPSA) is 84.4 Å². The molecule has 8 heterocycles. The summed E-state index contributed by atoms with van der Waals surface area (Å²) in [4.78, 5) is 20.9. The van der Waals surface area contributed by atoms with Gasteiger partial charge in [-0.1, -0.05) is 255 Å². The Bertz CT molecular complexity index is 7400. The van der Waals surface area contributed by atoms with Gasteiger partial charge in [-0.2, -0.15) is 0 Å². The average Bonchev–Trinajstić information content (AvgIpc) is 1.59. The van der Waals surface area contributed by atoms with E-state index in [0.29, 0.717) is 11.9 Å². The molecule has 0 N–H and O–H groups in total. The quantitative estimate of drug-likeness (QED) is 0.136. The fraction of sp³-hybridized carbons (Fsp3) is 0. The maximum atomic E-state index is 6.18. The first-order valence-corrected chi connectivity index (χ1v) is 39.3. The molecule has 10 heteroatoms. The summed E-state index contributed by atoms with van der Waals surface area (Å²) in [6.45, 7) is 0. The third kappa shape index (κ3) is 10.7. The number of hydrogen-bond donors (Lipinski definition) is 0. The van der Waals surface area contributed by atoms with Crippen LogP contribution in [0.4, 0.5) is 0 Å². The van der Waals surface area contributed by atoms with Crippen molar-refractivity contribution in [3.05, 3.63) is 388 Å². The fourth-order valence-corrected chi connectivity index (χ4v) is 18.5. The number of hydrogen-bond acceptors (Lipinski definition) is 6. The second-order valence-electron chi connectivity index (χ2n) is 29.2. The molecular weight excluding hydrogens is 1410 g/mol. The maximum absolute atomic E-state index is 6.18. The second kappa shape index (κ2) is 26.3. The van der Waals surface area contributed by atoms with E-state index in [1.165, 1.54) is 80.5 Å². The molecule has 0 radical (unpaired) electrons. The SMILES string of the molecule is c1ccc(-c2cc(-c3ccccc3)nc(-n3c4ccccc4c4cc(-c5ccc6c(c5)c5ccccc5n6-c5ccc6oc7ccccc7c6c5)ccc43)n2)cc1.c1ccc(-c2cc(-c3ccccc3)nc(-n3c4ccccc4c4cc(-c5ccc6c(c5)c5ccccc5n6-c5ccc6sc7ccccc7c6c5)ccc43)n2)cc1. The lowest BCUT2D eigenvalue weighted by Gasteiger charge is -2.12. The van der Waals surface area contributed by atoms with Gasteiger partial charge in [0.25, 0.3) is 0 Å². The highest BCUT2D eigenvalue weighted by Gasteiger charge is 2.24. The van der Waals surface area contributed by atoms with Gasteiger partial charge >= 0.3 is 0 Å². The van der Waals surface area contributed by atoms with Crippen molar-refractivity contribution in [2.24, 2.45) is 0 Å². The van der Waals surface area contributed by atoms with Crippen LogP contribution < -0.4 is 0 Å². The van der Waals surface area contributed by atoms with E-state index >= 15 is 0 Å². The molecule has 0 aliphatic rings. The first kappa shape index (κ1) is 64.8. The van der Waals surface area contributed by atoms with Crippen molar-refractivity contribution in [2.45, 2.75) is 0 Å². The van der Waals surface area contributed by atoms with Crippen molar-refractivity contribution in [2.75, 3.05) is 0 Å². The van der Waals surface area contributed by atoms with Crippen LogP contribution >= 0.6 is 11.3 Å². The van der Waals surface area contributed by atoms with Crippen molar-refractivity contribution in [1.82, 2.24) is 38.2 Å². The average molecular weight is 1470 g/mol. The highest BCUT2D eigenvalue weighted by Crippen LogP contribution is 2.44. The summed E-state index contributed by atoms with van der Waals surface area (Å²) in [5.74, 6) is 1.29. The lowest BCUT2D eigenvalue weighted by atomic mass is 10.0. The molecule has 0 bridgehead atoms. The fourth-order valence-electron chi connectivity index (χ4n) is 17.4. The van der Waals surface area contributed by atoms with Crippen LogP contribution in [0, 0.1) is 0 Å². The molecule has 0 aliphatic heterocycles. The van der Waals surface area contributed by atoms with Gasteiger partial charge in [0.2, 0.25) is 11.9 Å². The van der Waals surface area contributed by atoms with E-state index in [0.717, 1.165) is 128 Å². The van der Waals surface area contributed by atoms with Crippen LogP contribution in [-0.2, 0) is 0 Å². The van der Waals surface area contributed by atoms with E-state index in [9.17, 15) is 0 Å². The molecule has 0 amide bonds.